The van der Waals surface area contributed by atoms with Crippen LogP contribution in [0, 0.1) is 0 Å². The molecule has 1 saturated heterocycles. The molecular weight excluding hydrogens is 410 g/mol. The highest BCUT2D eigenvalue weighted by molar-refractivity contribution is 6.20. The lowest BCUT2D eigenvalue weighted by Crippen LogP contribution is -2.70. The normalized spacial score (nSPS) is 43.4. The zero-order valence-electron chi connectivity index (χ0n) is 17.6. The highest BCUT2D eigenvalue weighted by atomic mass is 35.5. The molecule has 1 heterocycles. The largest absolute Gasteiger partial charge is 0.391 e. The van der Waals surface area contributed by atoms with Gasteiger partial charge in [-0.3, -0.25) is 14.4 Å². The summed E-state index contributed by atoms with van der Waals surface area (Å²) in [6.07, 6.45) is 6.32. The van der Waals surface area contributed by atoms with E-state index in [0.29, 0.717) is 25.7 Å². The quantitative estimate of drug-likeness (QED) is 0.460. The Morgan fingerprint density at radius 2 is 1.87 bits per heavy atom. The van der Waals surface area contributed by atoms with Crippen molar-refractivity contribution < 1.29 is 24.3 Å². The van der Waals surface area contributed by atoms with Gasteiger partial charge in [0.2, 0.25) is 5.91 Å². The minimum Gasteiger partial charge on any atom is -0.391 e. The number of fused-ring (bicyclic) bond motifs is 3. The van der Waals surface area contributed by atoms with Gasteiger partial charge >= 0.3 is 0 Å². The molecule has 5 fully saturated rings. The Labute approximate surface area is 182 Å². The van der Waals surface area contributed by atoms with E-state index in [2.05, 4.69) is 16.1 Å². The molecule has 2 amide bonds. The molecule has 30 heavy (non-hydrogen) atoms. The Hall–Kier alpha value is -0.930. The van der Waals surface area contributed by atoms with Gasteiger partial charge in [-0.15, -0.1) is 11.6 Å². The number of aliphatic hydroxyl groups is 1. The average molecular weight is 444 g/mol. The molecule has 4 saturated carbocycles. The third-order valence-corrected chi connectivity index (χ3v) is 7.86. The van der Waals surface area contributed by atoms with E-state index in [1.54, 1.807) is 0 Å². The van der Waals surface area contributed by atoms with Gasteiger partial charge in [-0.25, -0.2) is 0 Å². The fourth-order valence-electron chi connectivity index (χ4n) is 5.48. The maximum absolute atomic E-state index is 12.6. The van der Waals surface area contributed by atoms with Gasteiger partial charge in [0.05, 0.1) is 17.7 Å². The average Bonchev–Trinajstić information content (AvgIpc) is 3.15. The molecule has 8 nitrogen and oxygen atoms in total. The summed E-state index contributed by atoms with van der Waals surface area (Å²) >= 11 is 6.12. The van der Waals surface area contributed by atoms with E-state index >= 15 is 0 Å². The molecule has 3 atom stereocenters. The molecule has 5 rings (SSSR count). The number of hydroxylamine groups is 1. The van der Waals surface area contributed by atoms with E-state index in [-0.39, 0.29) is 35.9 Å². The molecule has 170 valence electrons. The van der Waals surface area contributed by atoms with Crippen molar-refractivity contribution in [2.45, 2.75) is 112 Å². The molecule has 2 unspecified atom stereocenters. The second-order valence-corrected chi connectivity index (χ2v) is 10.4. The summed E-state index contributed by atoms with van der Waals surface area (Å²) < 4.78 is 5.78. The smallest absolute Gasteiger partial charge is 0.251 e. The lowest BCUT2D eigenvalue weighted by atomic mass is 9.60. The molecule has 2 bridgehead atoms. The summed E-state index contributed by atoms with van der Waals surface area (Å²) in [5.41, 5.74) is 1.78. The van der Waals surface area contributed by atoms with Gasteiger partial charge < -0.3 is 20.5 Å². The van der Waals surface area contributed by atoms with Crippen molar-refractivity contribution in [3.8, 4) is 0 Å². The van der Waals surface area contributed by atoms with Crippen molar-refractivity contribution in [2.75, 3.05) is 6.61 Å². The third kappa shape index (κ3) is 4.78. The van der Waals surface area contributed by atoms with E-state index in [1.807, 2.05) is 6.92 Å². The van der Waals surface area contributed by atoms with Crippen LogP contribution in [0.3, 0.4) is 0 Å². The number of hydrogen-bond acceptors (Lipinski definition) is 6. The number of amides is 2. The number of ether oxygens (including phenoxy) is 1. The van der Waals surface area contributed by atoms with Crippen LogP contribution in [0.15, 0.2) is 0 Å². The number of nitrogens with one attached hydrogen (secondary N) is 3. The van der Waals surface area contributed by atoms with Gasteiger partial charge in [-0.2, -0.15) is 5.48 Å². The predicted molar refractivity (Wildman–Crippen MR) is 111 cm³/mol. The topological polar surface area (TPSA) is 109 Å². The molecular formula is C21H34ClN3O5. The van der Waals surface area contributed by atoms with Crippen LogP contribution >= 0.6 is 11.6 Å². The molecule has 0 aromatic carbocycles. The van der Waals surface area contributed by atoms with Crippen molar-refractivity contribution in [1.82, 2.24) is 16.1 Å². The number of carbonyl (C=O) groups is 2. The van der Waals surface area contributed by atoms with Crippen LogP contribution in [-0.4, -0.2) is 64.3 Å². The maximum atomic E-state index is 12.6. The Morgan fingerprint density at radius 3 is 2.47 bits per heavy atom. The first kappa shape index (κ1) is 22.3. The Kier molecular flexibility index (Phi) is 6.61. The molecule has 0 radical (unpaired) electrons. The van der Waals surface area contributed by atoms with Gasteiger partial charge in [0.15, 0.2) is 6.10 Å². The molecule has 9 heteroatoms. The first-order chi connectivity index (χ1) is 14.3. The van der Waals surface area contributed by atoms with Crippen molar-refractivity contribution in [3.05, 3.63) is 0 Å². The van der Waals surface area contributed by atoms with Gasteiger partial charge in [-0.05, 0) is 64.7 Å². The predicted octanol–water partition coefficient (Wildman–Crippen LogP) is 1.28. The molecule has 5 aliphatic rings. The van der Waals surface area contributed by atoms with Gasteiger partial charge in [0.25, 0.3) is 5.91 Å². The Bertz CT molecular complexity index is 647. The Morgan fingerprint density at radius 1 is 1.17 bits per heavy atom. The second-order valence-electron chi connectivity index (χ2n) is 9.74. The number of aliphatic hydroxyl groups excluding tert-OH is 1. The highest BCUT2D eigenvalue weighted by Gasteiger charge is 2.55. The van der Waals surface area contributed by atoms with E-state index in [1.165, 1.54) is 0 Å². The number of alkyl halides is 1. The van der Waals surface area contributed by atoms with Crippen LogP contribution in [0.5, 0.6) is 0 Å². The van der Waals surface area contributed by atoms with Crippen molar-refractivity contribution in [1.29, 1.82) is 0 Å². The lowest BCUT2D eigenvalue weighted by molar-refractivity contribution is -0.144. The first-order valence-electron chi connectivity index (χ1n) is 11.3. The zero-order valence-corrected chi connectivity index (χ0v) is 18.4. The van der Waals surface area contributed by atoms with E-state index in [0.717, 1.165) is 38.5 Å². The van der Waals surface area contributed by atoms with Crippen LogP contribution in [0.25, 0.3) is 0 Å². The van der Waals surface area contributed by atoms with Crippen molar-refractivity contribution >= 4 is 23.4 Å². The monoisotopic (exact) mass is 443 g/mol. The molecule has 0 spiro atoms. The van der Waals surface area contributed by atoms with Gasteiger partial charge in [0, 0.05) is 23.4 Å². The molecule has 0 aromatic heterocycles. The van der Waals surface area contributed by atoms with Gasteiger partial charge in [-0.1, -0.05) is 0 Å². The van der Waals surface area contributed by atoms with Crippen molar-refractivity contribution in [2.24, 2.45) is 0 Å². The summed E-state index contributed by atoms with van der Waals surface area (Å²) in [6, 6.07) is 0.150. The lowest BCUT2D eigenvalue weighted by Gasteiger charge is -2.56. The summed E-state index contributed by atoms with van der Waals surface area (Å²) in [5, 5.41) is 17.3. The minimum absolute atomic E-state index is 0.0121. The fourth-order valence-corrected chi connectivity index (χ4v) is 5.73. The van der Waals surface area contributed by atoms with Crippen LogP contribution in [0.2, 0.25) is 0 Å². The molecule has 4 N–H and O–H groups in total. The standard InChI is InChI=1S/C21H34ClN3O5/c1-13-10-16(30-25-13)19(28)24-20-6-8-21(9-7-20,17(26)11-20)23-18(27)12-29-15-4-2-14(22)3-5-15/h13-17,25-26H,2-12H2,1H3,(H,23,27)(H,24,28)/t13?,14?,15?,16?,17-,20?,21?/m0/s1. The van der Waals surface area contributed by atoms with Crippen LogP contribution in [0.1, 0.15) is 71.1 Å². The first-order valence-corrected chi connectivity index (χ1v) is 11.7. The van der Waals surface area contributed by atoms with E-state index < -0.39 is 23.3 Å². The molecule has 0 aromatic rings. The van der Waals surface area contributed by atoms with E-state index in [4.69, 9.17) is 21.2 Å². The highest BCUT2D eigenvalue weighted by Crippen LogP contribution is 2.47. The van der Waals surface area contributed by atoms with Gasteiger partial charge in [0.1, 0.15) is 6.61 Å². The minimum atomic E-state index is -0.697. The summed E-state index contributed by atoms with van der Waals surface area (Å²) in [7, 11) is 0. The number of rotatable bonds is 6. The molecule has 4 aliphatic carbocycles. The van der Waals surface area contributed by atoms with Crippen LogP contribution < -0.4 is 16.1 Å². The van der Waals surface area contributed by atoms with Crippen LogP contribution in [0.4, 0.5) is 0 Å². The number of hydrogen-bond donors (Lipinski definition) is 4. The number of halogens is 1. The number of carbonyl (C=O) groups excluding carboxylic acids is 2. The van der Waals surface area contributed by atoms with Crippen molar-refractivity contribution in [3.63, 3.8) is 0 Å². The second kappa shape index (κ2) is 8.90. The summed E-state index contributed by atoms with van der Waals surface area (Å²) in [4.78, 5) is 30.5. The summed E-state index contributed by atoms with van der Waals surface area (Å²) in [5.74, 6) is -0.308. The molecule has 1 aliphatic heterocycles. The third-order valence-electron chi connectivity index (χ3n) is 7.42. The van der Waals surface area contributed by atoms with Crippen LogP contribution in [-0.2, 0) is 19.2 Å². The SMILES string of the molecule is CC1CC(C(=O)NC23CCC(NC(=O)COC4CCC(Cl)CC4)(CC2)[C@@H](O)C3)ON1. The maximum Gasteiger partial charge on any atom is 0.251 e. The zero-order chi connectivity index (χ0) is 21.4. The Balaban J connectivity index is 1.26. The van der Waals surface area contributed by atoms with E-state index in [9.17, 15) is 14.7 Å². The summed E-state index contributed by atoms with van der Waals surface area (Å²) in [6.45, 7) is 1.98. The fraction of sp³-hybridized carbons (Fsp3) is 0.905.